The number of carbonyl (C=O) groups is 1. The number of halogens is 1. The van der Waals surface area contributed by atoms with Crippen LogP contribution in [0.25, 0.3) is 6.08 Å². The molecule has 29 heavy (non-hydrogen) atoms. The Morgan fingerprint density at radius 3 is 2.34 bits per heavy atom. The van der Waals surface area contributed by atoms with Crippen LogP contribution in [0.2, 0.25) is 0 Å². The van der Waals surface area contributed by atoms with Crippen LogP contribution >= 0.6 is 0 Å². The van der Waals surface area contributed by atoms with Crippen molar-refractivity contribution in [2.45, 2.75) is 24.2 Å². The van der Waals surface area contributed by atoms with E-state index in [1.165, 1.54) is 28.1 Å². The number of benzene rings is 2. The Balaban J connectivity index is 1.38. The zero-order valence-electron chi connectivity index (χ0n) is 16.1. The Kier molecular flexibility index (Phi) is 5.52. The second-order valence-corrected chi connectivity index (χ2v) is 9.34. The van der Waals surface area contributed by atoms with Gasteiger partial charge in [0.1, 0.15) is 5.82 Å². The summed E-state index contributed by atoms with van der Waals surface area (Å²) in [6, 6.07) is 11.3. The molecule has 0 aromatic heterocycles. The summed E-state index contributed by atoms with van der Waals surface area (Å²) >= 11 is 0. The lowest BCUT2D eigenvalue weighted by molar-refractivity contribution is -0.127. The maximum absolute atomic E-state index is 13.0. The fraction of sp³-hybridized carbons (Fsp3) is 0.318. The zero-order valence-corrected chi connectivity index (χ0v) is 16.9. The lowest BCUT2D eigenvalue weighted by atomic mass is 10.1. The zero-order chi connectivity index (χ0) is 20.4. The third-order valence-electron chi connectivity index (χ3n) is 5.55. The Morgan fingerprint density at radius 2 is 1.62 bits per heavy atom. The maximum atomic E-state index is 13.0. The number of nitrogens with zero attached hydrogens (tertiary/aromatic N) is 2. The Labute approximate surface area is 170 Å². The van der Waals surface area contributed by atoms with E-state index in [9.17, 15) is 17.6 Å². The highest BCUT2D eigenvalue weighted by Crippen LogP contribution is 2.26. The quantitative estimate of drug-likeness (QED) is 0.723. The number of sulfonamides is 1. The first-order valence-electron chi connectivity index (χ1n) is 9.78. The smallest absolute Gasteiger partial charge is 0.246 e. The monoisotopic (exact) mass is 414 g/mol. The first-order chi connectivity index (χ1) is 13.9. The molecule has 4 rings (SSSR count). The maximum Gasteiger partial charge on any atom is 0.246 e. The lowest BCUT2D eigenvalue weighted by Crippen LogP contribution is -2.50. The van der Waals surface area contributed by atoms with Crippen molar-refractivity contribution >= 4 is 22.0 Å². The molecule has 2 aromatic rings. The minimum Gasteiger partial charge on any atom is -0.337 e. The highest BCUT2D eigenvalue weighted by molar-refractivity contribution is 7.89. The van der Waals surface area contributed by atoms with Gasteiger partial charge in [-0.1, -0.05) is 18.2 Å². The topological polar surface area (TPSA) is 57.7 Å². The summed E-state index contributed by atoms with van der Waals surface area (Å²) in [6.07, 6.45) is 6.10. The summed E-state index contributed by atoms with van der Waals surface area (Å²) in [7, 11) is -3.55. The number of hydrogen-bond donors (Lipinski definition) is 0. The van der Waals surface area contributed by atoms with E-state index in [2.05, 4.69) is 0 Å². The molecule has 152 valence electrons. The molecule has 0 saturated carbocycles. The number of hydrogen-bond acceptors (Lipinski definition) is 3. The van der Waals surface area contributed by atoms with Crippen molar-refractivity contribution in [1.82, 2.24) is 9.21 Å². The number of piperazine rings is 1. The average molecular weight is 415 g/mol. The van der Waals surface area contributed by atoms with Gasteiger partial charge in [-0.2, -0.15) is 4.31 Å². The Morgan fingerprint density at radius 1 is 0.931 bits per heavy atom. The molecule has 1 saturated heterocycles. The highest BCUT2D eigenvalue weighted by atomic mass is 32.2. The molecule has 2 aromatic carbocycles. The van der Waals surface area contributed by atoms with Crippen molar-refractivity contribution in [2.75, 3.05) is 26.2 Å². The van der Waals surface area contributed by atoms with Gasteiger partial charge in [0.15, 0.2) is 0 Å². The van der Waals surface area contributed by atoms with Crippen LogP contribution in [0, 0.1) is 5.82 Å². The van der Waals surface area contributed by atoms with Crippen LogP contribution in [0.4, 0.5) is 4.39 Å². The largest absolute Gasteiger partial charge is 0.337 e. The molecule has 0 bridgehead atoms. The fourth-order valence-electron chi connectivity index (χ4n) is 3.85. The second kappa shape index (κ2) is 8.08. The van der Waals surface area contributed by atoms with Gasteiger partial charge in [0.25, 0.3) is 0 Å². The summed E-state index contributed by atoms with van der Waals surface area (Å²) in [5, 5.41) is 0. The van der Waals surface area contributed by atoms with Crippen molar-refractivity contribution in [3.63, 3.8) is 0 Å². The summed E-state index contributed by atoms with van der Waals surface area (Å²) in [5.41, 5.74) is 3.11. The third-order valence-corrected chi connectivity index (χ3v) is 7.44. The van der Waals surface area contributed by atoms with Crippen molar-refractivity contribution < 1.29 is 17.6 Å². The van der Waals surface area contributed by atoms with E-state index in [-0.39, 0.29) is 24.8 Å². The van der Waals surface area contributed by atoms with Gasteiger partial charge in [-0.05, 0) is 66.3 Å². The van der Waals surface area contributed by atoms with Crippen molar-refractivity contribution in [1.29, 1.82) is 0 Å². The van der Waals surface area contributed by atoms with Crippen molar-refractivity contribution in [3.8, 4) is 0 Å². The molecule has 0 radical (unpaired) electrons. The van der Waals surface area contributed by atoms with E-state index in [0.29, 0.717) is 18.0 Å². The van der Waals surface area contributed by atoms with Crippen LogP contribution in [0.1, 0.15) is 23.1 Å². The summed E-state index contributed by atoms with van der Waals surface area (Å²) in [6.45, 7) is 1.23. The summed E-state index contributed by atoms with van der Waals surface area (Å²) < 4.78 is 40.4. The van der Waals surface area contributed by atoms with Gasteiger partial charge in [0, 0.05) is 32.3 Å². The molecule has 0 unspecified atom stereocenters. The average Bonchev–Trinajstić information content (AvgIpc) is 3.21. The Bertz CT molecular complexity index is 1040. The molecule has 1 aliphatic heterocycles. The summed E-state index contributed by atoms with van der Waals surface area (Å²) in [5.74, 6) is -0.502. The van der Waals surface area contributed by atoms with E-state index >= 15 is 0 Å². The van der Waals surface area contributed by atoms with Gasteiger partial charge in [0.05, 0.1) is 4.90 Å². The fourth-order valence-corrected chi connectivity index (χ4v) is 5.33. The number of fused-ring (bicyclic) bond motifs is 1. The van der Waals surface area contributed by atoms with Crippen LogP contribution in [-0.2, 0) is 27.7 Å². The van der Waals surface area contributed by atoms with Gasteiger partial charge in [-0.3, -0.25) is 4.79 Å². The number of amides is 1. The number of rotatable bonds is 4. The van der Waals surface area contributed by atoms with E-state index in [0.717, 1.165) is 30.4 Å². The minimum absolute atomic E-state index is 0.177. The van der Waals surface area contributed by atoms with Crippen LogP contribution in [0.15, 0.2) is 53.4 Å². The molecule has 5 nitrogen and oxygen atoms in total. The van der Waals surface area contributed by atoms with Crippen LogP contribution in [0.5, 0.6) is 0 Å². The van der Waals surface area contributed by atoms with Gasteiger partial charge in [-0.25, -0.2) is 12.8 Å². The lowest BCUT2D eigenvalue weighted by Gasteiger charge is -2.33. The molecule has 1 amide bonds. The van der Waals surface area contributed by atoms with Crippen LogP contribution in [0.3, 0.4) is 0 Å². The highest BCUT2D eigenvalue weighted by Gasteiger charge is 2.30. The van der Waals surface area contributed by atoms with Gasteiger partial charge in [0.2, 0.25) is 15.9 Å². The Hall–Kier alpha value is -2.51. The molecule has 1 heterocycles. The van der Waals surface area contributed by atoms with Crippen molar-refractivity contribution in [2.24, 2.45) is 0 Å². The molecule has 1 aliphatic carbocycles. The summed E-state index contributed by atoms with van der Waals surface area (Å²) in [4.78, 5) is 14.4. The van der Waals surface area contributed by atoms with E-state index in [1.807, 2.05) is 6.07 Å². The van der Waals surface area contributed by atoms with Crippen LogP contribution in [-0.4, -0.2) is 49.7 Å². The SMILES string of the molecule is O=C(/C=C/c1ccc(F)cc1)N1CCN(S(=O)(=O)c2ccc3c(c2)CCC3)CC1. The predicted octanol–water partition coefficient (Wildman–Crippen LogP) is 2.86. The molecule has 2 aliphatic rings. The van der Waals surface area contributed by atoms with E-state index in [4.69, 9.17) is 0 Å². The van der Waals surface area contributed by atoms with Gasteiger partial charge in [-0.15, -0.1) is 0 Å². The standard InChI is InChI=1S/C22H23FN2O3S/c23-20-8-4-17(5-9-20)6-11-22(26)24-12-14-25(15-13-24)29(27,28)21-10-7-18-2-1-3-19(18)16-21/h4-11,16H,1-3,12-15H2/b11-6+. The van der Waals surface area contributed by atoms with Gasteiger partial charge >= 0.3 is 0 Å². The van der Waals surface area contributed by atoms with E-state index < -0.39 is 10.0 Å². The number of aryl methyl sites for hydroxylation is 2. The van der Waals surface area contributed by atoms with Gasteiger partial charge < -0.3 is 4.90 Å². The molecule has 0 N–H and O–H groups in total. The first kappa shape index (κ1) is 19.8. The minimum atomic E-state index is -3.55. The molecule has 0 spiro atoms. The van der Waals surface area contributed by atoms with Crippen molar-refractivity contribution in [3.05, 3.63) is 71.0 Å². The molecular formula is C22H23FN2O3S. The number of carbonyl (C=O) groups excluding carboxylic acids is 1. The van der Waals surface area contributed by atoms with Crippen LogP contribution < -0.4 is 0 Å². The molecular weight excluding hydrogens is 391 g/mol. The molecule has 0 atom stereocenters. The normalized spacial score (nSPS) is 17.6. The molecule has 1 fully saturated rings. The first-order valence-corrected chi connectivity index (χ1v) is 11.2. The second-order valence-electron chi connectivity index (χ2n) is 7.40. The molecule has 7 heteroatoms. The van der Waals surface area contributed by atoms with E-state index in [1.54, 1.807) is 35.2 Å². The third kappa shape index (κ3) is 4.26. The predicted molar refractivity (Wildman–Crippen MR) is 109 cm³/mol.